The molecule has 12 aromatic rings. The van der Waals surface area contributed by atoms with E-state index in [0.29, 0.717) is 23.3 Å². The van der Waals surface area contributed by atoms with Crippen molar-refractivity contribution in [2.24, 2.45) is 0 Å². The summed E-state index contributed by atoms with van der Waals surface area (Å²) in [6, 6.07) is 55.2. The molecule has 266 valence electrons. The number of furan rings is 2. The summed E-state index contributed by atoms with van der Waals surface area (Å²) in [6.07, 6.45) is 0. The van der Waals surface area contributed by atoms with E-state index in [2.05, 4.69) is 60.7 Å². The van der Waals surface area contributed by atoms with Gasteiger partial charge in [0, 0.05) is 59.4 Å². The van der Waals surface area contributed by atoms with Crippen LogP contribution in [0, 0.1) is 0 Å². The van der Waals surface area contributed by atoms with E-state index in [1.54, 1.807) is 11.3 Å². The van der Waals surface area contributed by atoms with Crippen LogP contribution in [-0.2, 0) is 0 Å². The van der Waals surface area contributed by atoms with E-state index in [0.717, 1.165) is 93.0 Å². The SMILES string of the molecule is c1ccc(-c2nc(-c3ccccc3)nc(-c3cccc4oc5cc(-c6nc(-c7ccc8oc9ccccc9c8c7)c7sc8ccccc8c7n6)ccc5c34)n2)cc1. The average Bonchev–Trinajstić information content (AvgIpc) is 3.97. The topological polar surface area (TPSA) is 90.7 Å². The molecule has 0 saturated carbocycles. The third-order valence-electron chi connectivity index (χ3n) is 10.6. The predicted octanol–water partition coefficient (Wildman–Crippen LogP) is 13.2. The first-order chi connectivity index (χ1) is 28.2. The lowest BCUT2D eigenvalue weighted by atomic mass is 10.0. The summed E-state index contributed by atoms with van der Waals surface area (Å²) in [5.41, 5.74) is 9.55. The van der Waals surface area contributed by atoms with Crippen LogP contribution in [0.5, 0.6) is 0 Å². The number of benzene rings is 7. The van der Waals surface area contributed by atoms with Crippen molar-refractivity contribution in [1.82, 2.24) is 24.9 Å². The van der Waals surface area contributed by atoms with Crippen molar-refractivity contribution in [3.63, 3.8) is 0 Å². The van der Waals surface area contributed by atoms with Crippen LogP contribution in [0.2, 0.25) is 0 Å². The first-order valence-electron chi connectivity index (χ1n) is 18.7. The smallest absolute Gasteiger partial charge is 0.164 e. The summed E-state index contributed by atoms with van der Waals surface area (Å²) in [5, 5.41) is 5.13. The van der Waals surface area contributed by atoms with Gasteiger partial charge in [0.25, 0.3) is 0 Å². The van der Waals surface area contributed by atoms with Crippen molar-refractivity contribution in [2.45, 2.75) is 0 Å². The summed E-state index contributed by atoms with van der Waals surface area (Å²) in [5.74, 6) is 2.41. The Balaban J connectivity index is 1.04. The van der Waals surface area contributed by atoms with Crippen molar-refractivity contribution >= 4 is 75.5 Å². The van der Waals surface area contributed by atoms with Crippen LogP contribution < -0.4 is 0 Å². The van der Waals surface area contributed by atoms with Gasteiger partial charge in [-0.15, -0.1) is 11.3 Å². The minimum absolute atomic E-state index is 0.574. The Morgan fingerprint density at radius 1 is 0.368 bits per heavy atom. The van der Waals surface area contributed by atoms with Gasteiger partial charge in [-0.05, 0) is 48.5 Å². The number of rotatable bonds is 5. The molecule has 0 amide bonds. The summed E-state index contributed by atoms with van der Waals surface area (Å²) >= 11 is 1.72. The standard InChI is InChI=1S/C49H27N5O2S/c1-3-12-28(13-4-1)46-52-47(29-14-5-2-6-15-29)54-49(53-46)35-18-11-20-39-42(35)33-24-22-31(27-40(33)56-39)48-50-43(45-44(51-48)34-17-8-10-21-41(34)57-45)30-23-25-38-36(26-30)32-16-7-9-19-37(32)55-38/h1-27H. The highest BCUT2D eigenvalue weighted by Crippen LogP contribution is 2.42. The summed E-state index contributed by atoms with van der Waals surface area (Å²) < 4.78 is 15.0. The average molecular weight is 750 g/mol. The zero-order chi connectivity index (χ0) is 37.5. The van der Waals surface area contributed by atoms with Gasteiger partial charge in [-0.25, -0.2) is 24.9 Å². The van der Waals surface area contributed by atoms with Crippen LogP contribution in [0.25, 0.3) is 121 Å². The zero-order valence-electron chi connectivity index (χ0n) is 30.0. The van der Waals surface area contributed by atoms with Gasteiger partial charge < -0.3 is 8.83 Å². The van der Waals surface area contributed by atoms with E-state index in [-0.39, 0.29) is 0 Å². The summed E-state index contributed by atoms with van der Waals surface area (Å²) in [6.45, 7) is 0. The number of para-hydroxylation sites is 1. The van der Waals surface area contributed by atoms with E-state index < -0.39 is 0 Å². The fraction of sp³-hybridized carbons (Fsp3) is 0. The Bertz CT molecular complexity index is 3480. The molecule has 7 aromatic carbocycles. The van der Waals surface area contributed by atoms with Gasteiger partial charge in [-0.2, -0.15) is 0 Å². The zero-order valence-corrected chi connectivity index (χ0v) is 30.9. The molecule has 0 fully saturated rings. The molecule has 8 heteroatoms. The maximum atomic E-state index is 6.61. The van der Waals surface area contributed by atoms with Crippen LogP contribution >= 0.6 is 11.3 Å². The number of fused-ring (bicyclic) bond motifs is 9. The monoisotopic (exact) mass is 749 g/mol. The molecule has 57 heavy (non-hydrogen) atoms. The number of nitrogens with zero attached hydrogens (tertiary/aromatic N) is 5. The second kappa shape index (κ2) is 12.5. The first-order valence-corrected chi connectivity index (χ1v) is 19.5. The highest BCUT2D eigenvalue weighted by molar-refractivity contribution is 7.26. The molecule has 5 heterocycles. The van der Waals surface area contributed by atoms with Crippen molar-refractivity contribution in [2.75, 3.05) is 0 Å². The second-order valence-corrected chi connectivity index (χ2v) is 15.1. The number of thiophene rings is 1. The minimum Gasteiger partial charge on any atom is -0.456 e. The normalized spacial score (nSPS) is 11.9. The van der Waals surface area contributed by atoms with E-state index in [4.69, 9.17) is 33.8 Å². The first kappa shape index (κ1) is 31.8. The molecule has 0 N–H and O–H groups in total. The van der Waals surface area contributed by atoms with Crippen LogP contribution in [0.3, 0.4) is 0 Å². The minimum atomic E-state index is 0.574. The van der Waals surface area contributed by atoms with E-state index >= 15 is 0 Å². The largest absolute Gasteiger partial charge is 0.456 e. The third kappa shape index (κ3) is 5.15. The summed E-state index contributed by atoms with van der Waals surface area (Å²) in [7, 11) is 0. The molecule has 0 spiro atoms. The van der Waals surface area contributed by atoms with Gasteiger partial charge in [0.05, 0.1) is 15.9 Å². The van der Waals surface area contributed by atoms with E-state index in [1.807, 2.05) is 103 Å². The van der Waals surface area contributed by atoms with Crippen LogP contribution in [0.15, 0.2) is 173 Å². The van der Waals surface area contributed by atoms with Crippen molar-refractivity contribution < 1.29 is 8.83 Å². The quantitative estimate of drug-likeness (QED) is 0.173. The van der Waals surface area contributed by atoms with E-state index in [1.165, 1.54) is 4.70 Å². The number of aromatic nitrogens is 5. The van der Waals surface area contributed by atoms with Gasteiger partial charge in [-0.1, -0.05) is 115 Å². The Morgan fingerprint density at radius 3 is 1.81 bits per heavy atom. The number of hydrogen-bond acceptors (Lipinski definition) is 8. The molecule has 5 aromatic heterocycles. The maximum absolute atomic E-state index is 6.61. The maximum Gasteiger partial charge on any atom is 0.164 e. The Labute approximate surface area is 328 Å². The molecule has 0 aliphatic heterocycles. The molecular formula is C49H27N5O2S. The van der Waals surface area contributed by atoms with Gasteiger partial charge in [0.2, 0.25) is 0 Å². The second-order valence-electron chi connectivity index (χ2n) is 14.0. The Kier molecular flexibility index (Phi) is 6.96. The van der Waals surface area contributed by atoms with Crippen molar-refractivity contribution in [3.8, 4) is 56.8 Å². The fourth-order valence-electron chi connectivity index (χ4n) is 7.87. The molecule has 12 rings (SSSR count). The summed E-state index contributed by atoms with van der Waals surface area (Å²) in [4.78, 5) is 25.5. The highest BCUT2D eigenvalue weighted by Gasteiger charge is 2.21. The molecule has 0 radical (unpaired) electrons. The molecule has 0 unspecified atom stereocenters. The molecule has 0 atom stereocenters. The molecule has 0 bridgehead atoms. The molecule has 7 nitrogen and oxygen atoms in total. The Hall–Kier alpha value is -7.55. The third-order valence-corrected chi connectivity index (χ3v) is 11.7. The molecule has 0 saturated heterocycles. The molecular weight excluding hydrogens is 723 g/mol. The lowest BCUT2D eigenvalue weighted by Crippen LogP contribution is -2.00. The Morgan fingerprint density at radius 2 is 1.00 bits per heavy atom. The van der Waals surface area contributed by atoms with Crippen LogP contribution in [0.4, 0.5) is 0 Å². The molecule has 0 aliphatic carbocycles. The van der Waals surface area contributed by atoms with Crippen molar-refractivity contribution in [3.05, 3.63) is 164 Å². The van der Waals surface area contributed by atoms with Gasteiger partial charge in [0.15, 0.2) is 23.3 Å². The predicted molar refractivity (Wildman–Crippen MR) is 230 cm³/mol. The lowest BCUT2D eigenvalue weighted by molar-refractivity contribution is 0.668. The van der Waals surface area contributed by atoms with E-state index in [9.17, 15) is 0 Å². The fourth-order valence-corrected chi connectivity index (χ4v) is 9.02. The van der Waals surface area contributed by atoms with Gasteiger partial charge >= 0.3 is 0 Å². The molecule has 0 aliphatic rings. The van der Waals surface area contributed by atoms with Crippen LogP contribution in [0.1, 0.15) is 0 Å². The lowest BCUT2D eigenvalue weighted by Gasteiger charge is -2.09. The number of hydrogen-bond donors (Lipinski definition) is 0. The van der Waals surface area contributed by atoms with Gasteiger partial charge in [-0.3, -0.25) is 0 Å². The van der Waals surface area contributed by atoms with Gasteiger partial charge in [0.1, 0.15) is 22.3 Å². The van der Waals surface area contributed by atoms with Crippen LogP contribution in [-0.4, -0.2) is 24.9 Å². The van der Waals surface area contributed by atoms with Crippen molar-refractivity contribution in [1.29, 1.82) is 0 Å². The highest BCUT2D eigenvalue weighted by atomic mass is 32.1.